The summed E-state index contributed by atoms with van der Waals surface area (Å²) < 4.78 is 5.41. The summed E-state index contributed by atoms with van der Waals surface area (Å²) >= 11 is 3.54. The molecule has 0 aliphatic heterocycles. The second kappa shape index (κ2) is 5.55. The van der Waals surface area contributed by atoms with E-state index in [-0.39, 0.29) is 0 Å². The third kappa shape index (κ3) is 4.25. The molecule has 0 aromatic heterocycles. The molecule has 0 saturated carbocycles. The number of ether oxygens (including phenoxy) is 1. The van der Waals surface area contributed by atoms with Crippen LogP contribution in [0.5, 0.6) is 5.75 Å². The van der Waals surface area contributed by atoms with Crippen molar-refractivity contribution in [2.24, 2.45) is 5.41 Å². The van der Waals surface area contributed by atoms with E-state index in [4.69, 9.17) is 4.74 Å². The van der Waals surface area contributed by atoms with Gasteiger partial charge < -0.3 is 4.74 Å². The SMILES string of the molecule is CCOc1ccc(CC(C)(C)CBr)cc1. The maximum absolute atomic E-state index is 5.41. The van der Waals surface area contributed by atoms with Gasteiger partial charge in [-0.25, -0.2) is 0 Å². The summed E-state index contributed by atoms with van der Waals surface area (Å²) in [6, 6.07) is 8.39. The van der Waals surface area contributed by atoms with Gasteiger partial charge in [-0.2, -0.15) is 0 Å². The highest BCUT2D eigenvalue weighted by atomic mass is 79.9. The summed E-state index contributed by atoms with van der Waals surface area (Å²) in [7, 11) is 0. The first-order chi connectivity index (χ1) is 7.07. The first kappa shape index (κ1) is 12.6. The highest BCUT2D eigenvalue weighted by Gasteiger charge is 2.16. The summed E-state index contributed by atoms with van der Waals surface area (Å²) in [6.07, 6.45) is 1.09. The number of rotatable bonds is 5. The minimum atomic E-state index is 0.313. The Morgan fingerprint density at radius 3 is 2.27 bits per heavy atom. The van der Waals surface area contributed by atoms with Crippen LogP contribution in [0, 0.1) is 5.41 Å². The van der Waals surface area contributed by atoms with Gasteiger partial charge in [0.2, 0.25) is 0 Å². The van der Waals surface area contributed by atoms with Crippen LogP contribution in [0.4, 0.5) is 0 Å². The van der Waals surface area contributed by atoms with E-state index in [2.05, 4.69) is 41.9 Å². The second-order valence-electron chi connectivity index (χ2n) is 4.55. The Labute approximate surface area is 101 Å². The third-order valence-electron chi connectivity index (χ3n) is 2.28. The molecule has 2 heteroatoms. The molecule has 1 aromatic carbocycles. The van der Waals surface area contributed by atoms with Gasteiger partial charge in [-0.05, 0) is 36.5 Å². The van der Waals surface area contributed by atoms with E-state index in [0.717, 1.165) is 24.1 Å². The maximum Gasteiger partial charge on any atom is 0.119 e. The van der Waals surface area contributed by atoms with Crippen molar-refractivity contribution in [3.8, 4) is 5.75 Å². The van der Waals surface area contributed by atoms with E-state index in [0.29, 0.717) is 5.41 Å². The fraction of sp³-hybridized carbons (Fsp3) is 0.538. The number of halogens is 1. The summed E-state index contributed by atoms with van der Waals surface area (Å²) in [6.45, 7) is 7.25. The molecule has 0 N–H and O–H groups in total. The maximum atomic E-state index is 5.41. The Hall–Kier alpha value is -0.500. The van der Waals surface area contributed by atoms with E-state index in [1.807, 2.05) is 19.1 Å². The standard InChI is InChI=1S/C13H19BrO/c1-4-15-12-7-5-11(6-8-12)9-13(2,3)10-14/h5-8H,4,9-10H2,1-3H3. The van der Waals surface area contributed by atoms with Gasteiger partial charge in [0, 0.05) is 5.33 Å². The molecule has 0 heterocycles. The molecule has 1 nitrogen and oxygen atoms in total. The van der Waals surface area contributed by atoms with Crippen LogP contribution in [-0.2, 0) is 6.42 Å². The quantitative estimate of drug-likeness (QED) is 0.734. The minimum Gasteiger partial charge on any atom is -0.494 e. The molecule has 1 aromatic rings. The van der Waals surface area contributed by atoms with Gasteiger partial charge in [-0.15, -0.1) is 0 Å². The van der Waals surface area contributed by atoms with Crippen LogP contribution in [-0.4, -0.2) is 11.9 Å². The monoisotopic (exact) mass is 270 g/mol. The molecule has 0 bridgehead atoms. The van der Waals surface area contributed by atoms with Gasteiger partial charge in [-0.3, -0.25) is 0 Å². The topological polar surface area (TPSA) is 9.23 Å². The lowest BCUT2D eigenvalue weighted by molar-refractivity contribution is 0.340. The lowest BCUT2D eigenvalue weighted by Crippen LogP contribution is -2.16. The van der Waals surface area contributed by atoms with E-state index in [1.54, 1.807) is 0 Å². The van der Waals surface area contributed by atoms with Crippen LogP contribution in [0.2, 0.25) is 0 Å². The molecule has 84 valence electrons. The summed E-state index contributed by atoms with van der Waals surface area (Å²) in [5.41, 5.74) is 1.68. The van der Waals surface area contributed by atoms with Crippen LogP contribution < -0.4 is 4.74 Å². The number of hydrogen-bond acceptors (Lipinski definition) is 1. The van der Waals surface area contributed by atoms with Crippen LogP contribution in [0.25, 0.3) is 0 Å². The third-order valence-corrected chi connectivity index (χ3v) is 3.80. The van der Waals surface area contributed by atoms with Crippen molar-refractivity contribution in [3.63, 3.8) is 0 Å². The van der Waals surface area contributed by atoms with Crippen molar-refractivity contribution < 1.29 is 4.74 Å². The first-order valence-electron chi connectivity index (χ1n) is 5.35. The first-order valence-corrected chi connectivity index (χ1v) is 6.47. The Balaban J connectivity index is 2.64. The molecule has 15 heavy (non-hydrogen) atoms. The van der Waals surface area contributed by atoms with Gasteiger partial charge in [0.1, 0.15) is 5.75 Å². The second-order valence-corrected chi connectivity index (χ2v) is 5.11. The fourth-order valence-corrected chi connectivity index (χ4v) is 1.67. The molecular formula is C13H19BrO. The Bertz CT molecular complexity index is 290. The molecule has 0 aliphatic rings. The zero-order chi connectivity index (χ0) is 11.3. The molecular weight excluding hydrogens is 252 g/mol. The number of hydrogen-bond donors (Lipinski definition) is 0. The van der Waals surface area contributed by atoms with E-state index < -0.39 is 0 Å². The number of alkyl halides is 1. The Morgan fingerprint density at radius 1 is 1.20 bits per heavy atom. The Kier molecular flexibility index (Phi) is 4.65. The van der Waals surface area contributed by atoms with Crippen molar-refractivity contribution in [2.75, 3.05) is 11.9 Å². The fourth-order valence-electron chi connectivity index (χ4n) is 1.47. The van der Waals surface area contributed by atoms with Gasteiger partial charge in [0.05, 0.1) is 6.61 Å². The molecule has 0 fully saturated rings. The van der Waals surface area contributed by atoms with Crippen LogP contribution in [0.3, 0.4) is 0 Å². The van der Waals surface area contributed by atoms with Gasteiger partial charge in [-0.1, -0.05) is 41.9 Å². The van der Waals surface area contributed by atoms with Crippen LogP contribution in [0.1, 0.15) is 26.3 Å². The van der Waals surface area contributed by atoms with Crippen molar-refractivity contribution in [1.82, 2.24) is 0 Å². The average Bonchev–Trinajstić information content (AvgIpc) is 2.21. The molecule has 0 radical (unpaired) electrons. The number of benzene rings is 1. The molecule has 0 unspecified atom stereocenters. The zero-order valence-electron chi connectivity index (χ0n) is 9.72. The van der Waals surface area contributed by atoms with Crippen LogP contribution >= 0.6 is 15.9 Å². The van der Waals surface area contributed by atoms with Crippen molar-refractivity contribution in [1.29, 1.82) is 0 Å². The lowest BCUT2D eigenvalue weighted by Gasteiger charge is -2.21. The normalized spacial score (nSPS) is 11.5. The predicted molar refractivity (Wildman–Crippen MR) is 68.9 cm³/mol. The molecule has 0 aliphatic carbocycles. The van der Waals surface area contributed by atoms with Crippen molar-refractivity contribution >= 4 is 15.9 Å². The van der Waals surface area contributed by atoms with Crippen molar-refractivity contribution in [3.05, 3.63) is 29.8 Å². The summed E-state index contributed by atoms with van der Waals surface area (Å²) in [5, 5.41) is 1.02. The zero-order valence-corrected chi connectivity index (χ0v) is 11.3. The van der Waals surface area contributed by atoms with Gasteiger partial charge in [0.25, 0.3) is 0 Å². The largest absolute Gasteiger partial charge is 0.494 e. The summed E-state index contributed by atoms with van der Waals surface area (Å²) in [4.78, 5) is 0. The van der Waals surface area contributed by atoms with E-state index >= 15 is 0 Å². The highest BCUT2D eigenvalue weighted by Crippen LogP contribution is 2.25. The lowest BCUT2D eigenvalue weighted by atomic mass is 9.88. The summed E-state index contributed by atoms with van der Waals surface area (Å²) in [5.74, 6) is 0.956. The van der Waals surface area contributed by atoms with E-state index in [1.165, 1.54) is 5.56 Å². The highest BCUT2D eigenvalue weighted by molar-refractivity contribution is 9.09. The predicted octanol–water partition coefficient (Wildman–Crippen LogP) is 4.05. The van der Waals surface area contributed by atoms with E-state index in [9.17, 15) is 0 Å². The molecule has 0 saturated heterocycles. The average molecular weight is 271 g/mol. The molecule has 0 amide bonds. The van der Waals surface area contributed by atoms with Gasteiger partial charge >= 0.3 is 0 Å². The smallest absolute Gasteiger partial charge is 0.119 e. The van der Waals surface area contributed by atoms with Crippen molar-refractivity contribution in [2.45, 2.75) is 27.2 Å². The molecule has 0 spiro atoms. The minimum absolute atomic E-state index is 0.313. The molecule has 0 atom stereocenters. The van der Waals surface area contributed by atoms with Crippen LogP contribution in [0.15, 0.2) is 24.3 Å². The van der Waals surface area contributed by atoms with Gasteiger partial charge in [0.15, 0.2) is 0 Å². The molecule has 1 rings (SSSR count). The Morgan fingerprint density at radius 2 is 1.80 bits per heavy atom.